The van der Waals surface area contributed by atoms with Gasteiger partial charge in [-0.05, 0) is 24.6 Å². The number of nitrogens with two attached hydrogens (primary N) is 1. The number of hydrogen-bond donors (Lipinski definition) is 3. The molecule has 1 rings (SSSR count). The Hall–Kier alpha value is -1.71. The molecule has 0 aliphatic heterocycles. The fraction of sp³-hybridized carbons (Fsp3) is 0.300. The second-order valence-corrected chi connectivity index (χ2v) is 3.14. The van der Waals surface area contributed by atoms with Crippen LogP contribution in [0.3, 0.4) is 0 Å². The molecule has 0 aliphatic carbocycles. The number of anilines is 1. The molecular weight excluding hydrogens is 178 g/mol. The van der Waals surface area contributed by atoms with Gasteiger partial charge in [-0.15, -0.1) is 0 Å². The first-order valence-corrected chi connectivity index (χ1v) is 4.49. The fourth-order valence-corrected chi connectivity index (χ4v) is 1.14. The third kappa shape index (κ3) is 3.35. The van der Waals surface area contributed by atoms with Gasteiger partial charge < -0.3 is 16.3 Å². The van der Waals surface area contributed by atoms with Crippen molar-refractivity contribution in [1.29, 1.82) is 0 Å². The molecule has 0 bridgehead atoms. The van der Waals surface area contributed by atoms with Crippen molar-refractivity contribution in [2.75, 3.05) is 11.9 Å². The van der Waals surface area contributed by atoms with Crippen molar-refractivity contribution in [1.82, 2.24) is 0 Å². The molecule has 4 nitrogen and oxygen atoms in total. The zero-order valence-corrected chi connectivity index (χ0v) is 8.20. The molecule has 1 aromatic carbocycles. The first-order chi connectivity index (χ1) is 6.72. The van der Waals surface area contributed by atoms with E-state index in [-0.39, 0.29) is 5.84 Å². The molecule has 14 heavy (non-hydrogen) atoms. The Bertz CT molecular complexity index is 323. The highest BCUT2D eigenvalue weighted by molar-refractivity contribution is 5.80. The average Bonchev–Trinajstić information content (AvgIpc) is 2.17. The molecule has 0 aromatic heterocycles. The van der Waals surface area contributed by atoms with Crippen molar-refractivity contribution >= 4 is 11.5 Å². The van der Waals surface area contributed by atoms with Crippen molar-refractivity contribution in [3.8, 4) is 0 Å². The lowest BCUT2D eigenvalue weighted by Gasteiger charge is -2.05. The maximum absolute atomic E-state index is 8.31. The van der Waals surface area contributed by atoms with Gasteiger partial charge in [-0.1, -0.05) is 17.3 Å². The normalized spacial score (nSPS) is 11.4. The van der Waals surface area contributed by atoms with E-state index in [2.05, 4.69) is 10.5 Å². The topological polar surface area (TPSA) is 70.6 Å². The summed E-state index contributed by atoms with van der Waals surface area (Å²) in [6.07, 6.45) is 0.532. The van der Waals surface area contributed by atoms with Crippen LogP contribution in [0.1, 0.15) is 12.0 Å². The monoisotopic (exact) mass is 193 g/mol. The molecule has 76 valence electrons. The van der Waals surface area contributed by atoms with Crippen LogP contribution in [0.2, 0.25) is 0 Å². The van der Waals surface area contributed by atoms with Crippen molar-refractivity contribution in [3.63, 3.8) is 0 Å². The van der Waals surface area contributed by atoms with Gasteiger partial charge in [0.2, 0.25) is 0 Å². The molecule has 4 heteroatoms. The van der Waals surface area contributed by atoms with Gasteiger partial charge in [0.05, 0.1) is 0 Å². The molecule has 0 heterocycles. The van der Waals surface area contributed by atoms with Crippen LogP contribution in [0, 0.1) is 6.92 Å². The van der Waals surface area contributed by atoms with Crippen molar-refractivity contribution < 1.29 is 5.21 Å². The summed E-state index contributed by atoms with van der Waals surface area (Å²) in [5.41, 5.74) is 7.59. The minimum absolute atomic E-state index is 0.241. The van der Waals surface area contributed by atoms with Crippen LogP contribution in [0.5, 0.6) is 0 Å². The quantitative estimate of drug-likeness (QED) is 0.294. The number of rotatable bonds is 4. The van der Waals surface area contributed by atoms with Gasteiger partial charge >= 0.3 is 0 Å². The number of amidine groups is 1. The molecular formula is C10H15N3O. The SMILES string of the molecule is Cc1cccc(NCCC(N)=NO)c1. The van der Waals surface area contributed by atoms with Crippen LogP contribution in [0.15, 0.2) is 29.4 Å². The summed E-state index contributed by atoms with van der Waals surface area (Å²) in [6, 6.07) is 8.06. The maximum atomic E-state index is 8.31. The van der Waals surface area contributed by atoms with Crippen molar-refractivity contribution in [3.05, 3.63) is 29.8 Å². The number of nitrogens with one attached hydrogen (secondary N) is 1. The van der Waals surface area contributed by atoms with Crippen LogP contribution in [-0.4, -0.2) is 17.6 Å². The van der Waals surface area contributed by atoms with E-state index in [9.17, 15) is 0 Å². The predicted octanol–water partition coefficient (Wildman–Crippen LogP) is 1.54. The van der Waals surface area contributed by atoms with Crippen LogP contribution in [-0.2, 0) is 0 Å². The van der Waals surface area contributed by atoms with E-state index < -0.39 is 0 Å². The summed E-state index contributed by atoms with van der Waals surface area (Å²) in [5.74, 6) is 0.241. The minimum Gasteiger partial charge on any atom is -0.409 e. The molecule has 0 fully saturated rings. The zero-order valence-electron chi connectivity index (χ0n) is 8.20. The van der Waals surface area contributed by atoms with E-state index in [1.807, 2.05) is 31.2 Å². The highest BCUT2D eigenvalue weighted by Crippen LogP contribution is 2.08. The lowest BCUT2D eigenvalue weighted by molar-refractivity contribution is 0.317. The molecule has 0 atom stereocenters. The highest BCUT2D eigenvalue weighted by atomic mass is 16.4. The van der Waals surface area contributed by atoms with Crippen LogP contribution >= 0.6 is 0 Å². The molecule has 0 spiro atoms. The molecule has 0 aliphatic rings. The van der Waals surface area contributed by atoms with Gasteiger partial charge in [-0.25, -0.2) is 0 Å². The van der Waals surface area contributed by atoms with Crippen molar-refractivity contribution in [2.24, 2.45) is 10.9 Å². The summed E-state index contributed by atoms with van der Waals surface area (Å²) >= 11 is 0. The van der Waals surface area contributed by atoms with Crippen LogP contribution < -0.4 is 11.1 Å². The Morgan fingerprint density at radius 1 is 1.57 bits per heavy atom. The van der Waals surface area contributed by atoms with E-state index in [1.54, 1.807) is 0 Å². The van der Waals surface area contributed by atoms with Crippen LogP contribution in [0.4, 0.5) is 5.69 Å². The molecule has 0 saturated heterocycles. The summed E-state index contributed by atoms with van der Waals surface area (Å²) in [6.45, 7) is 2.70. The Morgan fingerprint density at radius 2 is 2.36 bits per heavy atom. The largest absolute Gasteiger partial charge is 0.409 e. The Kier molecular flexibility index (Phi) is 3.79. The number of nitrogens with zero attached hydrogens (tertiary/aromatic N) is 1. The third-order valence-corrected chi connectivity index (χ3v) is 1.86. The number of oxime groups is 1. The van der Waals surface area contributed by atoms with E-state index in [4.69, 9.17) is 10.9 Å². The second-order valence-electron chi connectivity index (χ2n) is 3.14. The number of hydrogen-bond acceptors (Lipinski definition) is 3. The van der Waals surface area contributed by atoms with Gasteiger partial charge in [0.25, 0.3) is 0 Å². The predicted molar refractivity (Wildman–Crippen MR) is 57.7 cm³/mol. The maximum Gasteiger partial charge on any atom is 0.140 e. The van der Waals surface area contributed by atoms with Crippen molar-refractivity contribution in [2.45, 2.75) is 13.3 Å². The van der Waals surface area contributed by atoms with Gasteiger partial charge in [0, 0.05) is 18.7 Å². The minimum atomic E-state index is 0.241. The summed E-state index contributed by atoms with van der Waals surface area (Å²) < 4.78 is 0. The molecule has 1 aromatic rings. The van der Waals surface area contributed by atoms with Gasteiger partial charge in [-0.3, -0.25) is 0 Å². The molecule has 0 unspecified atom stereocenters. The summed E-state index contributed by atoms with van der Waals surface area (Å²) in [5, 5.41) is 14.4. The molecule has 0 radical (unpaired) electrons. The Balaban J connectivity index is 2.39. The first-order valence-electron chi connectivity index (χ1n) is 4.49. The third-order valence-electron chi connectivity index (χ3n) is 1.86. The highest BCUT2D eigenvalue weighted by Gasteiger charge is 1.94. The van der Waals surface area contributed by atoms with E-state index in [0.717, 1.165) is 5.69 Å². The smallest absolute Gasteiger partial charge is 0.140 e. The Morgan fingerprint density at radius 3 is 3.00 bits per heavy atom. The van der Waals surface area contributed by atoms with Crippen LogP contribution in [0.25, 0.3) is 0 Å². The standard InChI is InChI=1S/C10H15N3O/c1-8-3-2-4-9(7-8)12-6-5-10(11)13-14/h2-4,7,12,14H,5-6H2,1H3,(H2,11,13). The summed E-state index contributed by atoms with van der Waals surface area (Å²) in [7, 11) is 0. The van der Waals surface area contributed by atoms with E-state index in [0.29, 0.717) is 13.0 Å². The lowest BCUT2D eigenvalue weighted by atomic mass is 10.2. The average molecular weight is 193 g/mol. The summed E-state index contributed by atoms with van der Waals surface area (Å²) in [4.78, 5) is 0. The van der Waals surface area contributed by atoms with E-state index in [1.165, 1.54) is 5.56 Å². The van der Waals surface area contributed by atoms with Gasteiger partial charge in [0.1, 0.15) is 5.84 Å². The lowest BCUT2D eigenvalue weighted by Crippen LogP contribution is -2.16. The first kappa shape index (κ1) is 10.4. The number of benzene rings is 1. The molecule has 4 N–H and O–H groups in total. The molecule has 0 amide bonds. The van der Waals surface area contributed by atoms with Gasteiger partial charge in [-0.2, -0.15) is 0 Å². The second kappa shape index (κ2) is 5.11. The Labute approximate surface area is 83.4 Å². The molecule has 0 saturated carbocycles. The van der Waals surface area contributed by atoms with Gasteiger partial charge in [0.15, 0.2) is 0 Å². The fourth-order valence-electron chi connectivity index (χ4n) is 1.14. The van der Waals surface area contributed by atoms with E-state index >= 15 is 0 Å². The number of aryl methyl sites for hydroxylation is 1. The zero-order chi connectivity index (χ0) is 10.4.